The van der Waals surface area contributed by atoms with Crippen LogP contribution in [0.1, 0.15) is 13.8 Å². The fourth-order valence-corrected chi connectivity index (χ4v) is 0.855. The van der Waals surface area contributed by atoms with Gasteiger partial charge in [0.25, 0.3) is 0 Å². The van der Waals surface area contributed by atoms with Crippen molar-refractivity contribution in [2.75, 3.05) is 19.6 Å². The Hall–Kier alpha value is -0.790. The van der Waals surface area contributed by atoms with Gasteiger partial charge in [0, 0.05) is 13.1 Å². The second kappa shape index (κ2) is 3.40. The van der Waals surface area contributed by atoms with Gasteiger partial charge in [-0.05, 0) is 13.8 Å². The molecule has 0 spiro atoms. The molecule has 0 atom stereocenters. The van der Waals surface area contributed by atoms with Crippen LogP contribution in [0, 0.1) is 0 Å². The van der Waals surface area contributed by atoms with Crippen LogP contribution in [0.25, 0.3) is 0 Å². The Bertz CT molecular complexity index is 155. The van der Waals surface area contributed by atoms with Gasteiger partial charge < -0.3 is 4.90 Å². The van der Waals surface area contributed by atoms with Crippen LogP contribution in [0.5, 0.6) is 0 Å². The van der Waals surface area contributed by atoms with Crippen LogP contribution in [0.4, 0.5) is 0 Å². The smallest absolute Gasteiger partial charge is 0.0854 e. The highest BCUT2D eigenvalue weighted by atomic mass is 15.2. The van der Waals surface area contributed by atoms with E-state index in [1.165, 1.54) is 5.57 Å². The van der Waals surface area contributed by atoms with E-state index in [2.05, 4.69) is 29.8 Å². The van der Waals surface area contributed by atoms with Crippen LogP contribution in [0.15, 0.2) is 16.6 Å². The van der Waals surface area contributed by atoms with Gasteiger partial charge in [-0.2, -0.15) is 0 Å². The molecule has 1 rings (SSSR count). The van der Waals surface area contributed by atoms with Crippen molar-refractivity contribution in [1.29, 1.82) is 0 Å². The highest BCUT2D eigenvalue weighted by Gasteiger charge is 2.01. The van der Waals surface area contributed by atoms with Crippen molar-refractivity contribution < 1.29 is 0 Å². The Kier molecular flexibility index (Phi) is 2.49. The third-order valence-corrected chi connectivity index (χ3v) is 1.50. The largest absolute Gasteiger partial charge is 0.357 e. The molecule has 10 heavy (non-hydrogen) atoms. The Morgan fingerprint density at radius 2 is 2.50 bits per heavy atom. The number of allylic oxidation sites excluding steroid dienone is 1. The van der Waals surface area contributed by atoms with Gasteiger partial charge in [0.15, 0.2) is 0 Å². The maximum atomic E-state index is 4.11. The van der Waals surface area contributed by atoms with Crippen LogP contribution in [-0.2, 0) is 0 Å². The SMILES string of the molecule is CC(C)=CCN1C=NCC1. The summed E-state index contributed by atoms with van der Waals surface area (Å²) in [6, 6.07) is 0. The molecular weight excluding hydrogens is 124 g/mol. The average Bonchev–Trinajstić information content (AvgIpc) is 2.34. The Morgan fingerprint density at radius 3 is 3.00 bits per heavy atom. The van der Waals surface area contributed by atoms with E-state index in [1.54, 1.807) is 0 Å². The predicted octanol–water partition coefficient (Wildman–Crippen LogP) is 1.30. The summed E-state index contributed by atoms with van der Waals surface area (Å²) >= 11 is 0. The molecule has 0 saturated heterocycles. The van der Waals surface area contributed by atoms with Crippen molar-refractivity contribution in [3.05, 3.63) is 11.6 Å². The molecule has 0 unspecified atom stereocenters. The molecule has 0 fully saturated rings. The first-order valence-corrected chi connectivity index (χ1v) is 3.66. The van der Waals surface area contributed by atoms with Gasteiger partial charge >= 0.3 is 0 Å². The topological polar surface area (TPSA) is 15.6 Å². The molecule has 1 heterocycles. The summed E-state index contributed by atoms with van der Waals surface area (Å²) in [6.07, 6.45) is 4.15. The van der Waals surface area contributed by atoms with Gasteiger partial charge in [-0.15, -0.1) is 0 Å². The first-order valence-electron chi connectivity index (χ1n) is 3.66. The number of hydrogen-bond donors (Lipinski definition) is 0. The fraction of sp³-hybridized carbons (Fsp3) is 0.625. The number of aliphatic imine (C=N–C) groups is 1. The number of rotatable bonds is 2. The quantitative estimate of drug-likeness (QED) is 0.525. The zero-order valence-electron chi connectivity index (χ0n) is 6.67. The Labute approximate surface area is 62.3 Å². The highest BCUT2D eigenvalue weighted by Crippen LogP contribution is 1.95. The molecule has 0 N–H and O–H groups in total. The average molecular weight is 138 g/mol. The van der Waals surface area contributed by atoms with E-state index >= 15 is 0 Å². The van der Waals surface area contributed by atoms with Crippen LogP contribution in [-0.4, -0.2) is 30.9 Å². The van der Waals surface area contributed by atoms with Crippen molar-refractivity contribution in [3.63, 3.8) is 0 Å². The minimum Gasteiger partial charge on any atom is -0.357 e. The molecule has 0 aliphatic carbocycles. The number of hydrogen-bond acceptors (Lipinski definition) is 2. The third-order valence-electron chi connectivity index (χ3n) is 1.50. The lowest BCUT2D eigenvalue weighted by Gasteiger charge is -2.09. The lowest BCUT2D eigenvalue weighted by atomic mass is 10.3. The first-order chi connectivity index (χ1) is 4.79. The zero-order valence-corrected chi connectivity index (χ0v) is 6.67. The molecule has 0 aromatic rings. The normalized spacial score (nSPS) is 16.0. The van der Waals surface area contributed by atoms with Gasteiger partial charge in [0.05, 0.1) is 12.9 Å². The monoisotopic (exact) mass is 138 g/mol. The van der Waals surface area contributed by atoms with E-state index in [1.807, 2.05) is 6.34 Å². The lowest BCUT2D eigenvalue weighted by Crippen LogP contribution is -2.19. The first kappa shape index (κ1) is 7.32. The third kappa shape index (κ3) is 2.21. The molecule has 0 amide bonds. The lowest BCUT2D eigenvalue weighted by molar-refractivity contribution is 0.517. The molecule has 0 radical (unpaired) electrons. The van der Waals surface area contributed by atoms with Crippen molar-refractivity contribution >= 4 is 6.34 Å². The molecule has 1 aliphatic rings. The zero-order chi connectivity index (χ0) is 7.40. The standard InChI is InChI=1S/C8H14N2/c1-8(2)3-5-10-6-4-9-7-10/h3,7H,4-6H2,1-2H3. The van der Waals surface area contributed by atoms with Crippen molar-refractivity contribution in [1.82, 2.24) is 4.90 Å². The summed E-state index contributed by atoms with van der Waals surface area (Å²) in [5, 5.41) is 0. The summed E-state index contributed by atoms with van der Waals surface area (Å²) in [4.78, 5) is 6.33. The minimum absolute atomic E-state index is 0.969. The summed E-state index contributed by atoms with van der Waals surface area (Å²) in [5.74, 6) is 0. The van der Waals surface area contributed by atoms with Crippen LogP contribution in [0.3, 0.4) is 0 Å². The molecule has 1 aliphatic heterocycles. The van der Waals surface area contributed by atoms with Crippen LogP contribution >= 0.6 is 0 Å². The minimum atomic E-state index is 0.969. The van der Waals surface area contributed by atoms with E-state index in [0.717, 1.165) is 19.6 Å². The van der Waals surface area contributed by atoms with E-state index in [-0.39, 0.29) is 0 Å². The summed E-state index contributed by atoms with van der Waals surface area (Å²) < 4.78 is 0. The van der Waals surface area contributed by atoms with Gasteiger partial charge in [-0.25, -0.2) is 0 Å². The van der Waals surface area contributed by atoms with Crippen molar-refractivity contribution in [2.24, 2.45) is 4.99 Å². The van der Waals surface area contributed by atoms with E-state index in [9.17, 15) is 0 Å². The predicted molar refractivity (Wildman–Crippen MR) is 44.4 cm³/mol. The second-order valence-corrected chi connectivity index (χ2v) is 2.80. The molecule has 56 valence electrons. The fourth-order valence-electron chi connectivity index (χ4n) is 0.855. The van der Waals surface area contributed by atoms with Gasteiger partial charge in [0.2, 0.25) is 0 Å². The summed E-state index contributed by atoms with van der Waals surface area (Å²) in [5.41, 5.74) is 1.38. The van der Waals surface area contributed by atoms with Gasteiger partial charge in [-0.1, -0.05) is 11.6 Å². The molecule has 0 saturated carbocycles. The van der Waals surface area contributed by atoms with E-state index in [4.69, 9.17) is 0 Å². The summed E-state index contributed by atoms with van der Waals surface area (Å²) in [7, 11) is 0. The van der Waals surface area contributed by atoms with Crippen LogP contribution in [0.2, 0.25) is 0 Å². The van der Waals surface area contributed by atoms with Crippen LogP contribution < -0.4 is 0 Å². The molecule has 2 heteroatoms. The maximum absolute atomic E-state index is 4.11. The second-order valence-electron chi connectivity index (χ2n) is 2.80. The molecule has 0 bridgehead atoms. The van der Waals surface area contributed by atoms with Crippen molar-refractivity contribution in [2.45, 2.75) is 13.8 Å². The maximum Gasteiger partial charge on any atom is 0.0854 e. The highest BCUT2D eigenvalue weighted by molar-refractivity contribution is 5.57. The molecule has 2 nitrogen and oxygen atoms in total. The van der Waals surface area contributed by atoms with Gasteiger partial charge in [0.1, 0.15) is 0 Å². The molecule has 0 aromatic carbocycles. The molecular formula is C8H14N2. The number of nitrogens with zero attached hydrogens (tertiary/aromatic N) is 2. The van der Waals surface area contributed by atoms with E-state index in [0.29, 0.717) is 0 Å². The molecule has 0 aromatic heterocycles. The van der Waals surface area contributed by atoms with Gasteiger partial charge in [-0.3, -0.25) is 4.99 Å². The van der Waals surface area contributed by atoms with Crippen molar-refractivity contribution in [3.8, 4) is 0 Å². The Balaban J connectivity index is 2.26. The van der Waals surface area contributed by atoms with E-state index < -0.39 is 0 Å². The Morgan fingerprint density at radius 1 is 1.70 bits per heavy atom. The summed E-state index contributed by atoms with van der Waals surface area (Å²) in [6.45, 7) is 7.31.